The molecule has 26 heavy (non-hydrogen) atoms. The van der Waals surface area contributed by atoms with Crippen molar-refractivity contribution in [2.45, 2.75) is 37.5 Å². The molecule has 2 aromatic rings. The zero-order valence-electron chi connectivity index (χ0n) is 15.6. The lowest BCUT2D eigenvalue weighted by molar-refractivity contribution is -0.132. The minimum absolute atomic E-state index is 0.0966. The van der Waals surface area contributed by atoms with E-state index in [0.29, 0.717) is 25.9 Å². The highest BCUT2D eigenvalue weighted by Gasteiger charge is 2.47. The van der Waals surface area contributed by atoms with Gasteiger partial charge in [-0.2, -0.15) is 0 Å². The Balaban J connectivity index is 1.83. The molecule has 1 saturated heterocycles. The summed E-state index contributed by atoms with van der Waals surface area (Å²) in [6.07, 6.45) is 3.00. The number of aryl methyl sites for hydroxylation is 1. The van der Waals surface area contributed by atoms with Gasteiger partial charge in [-0.25, -0.2) is 0 Å². The van der Waals surface area contributed by atoms with Crippen molar-refractivity contribution in [3.05, 3.63) is 53.9 Å². The molecule has 3 N–H and O–H groups in total. The Bertz CT molecular complexity index is 772. The van der Waals surface area contributed by atoms with E-state index in [1.54, 1.807) is 14.0 Å². The number of nitrogens with zero attached hydrogens (tertiary/aromatic N) is 1. The van der Waals surface area contributed by atoms with Crippen LogP contribution in [0.5, 0.6) is 5.75 Å². The molecule has 1 aromatic carbocycles. The van der Waals surface area contributed by atoms with Crippen molar-refractivity contribution in [3.8, 4) is 5.75 Å². The second-order valence-corrected chi connectivity index (χ2v) is 7.25. The summed E-state index contributed by atoms with van der Waals surface area (Å²) in [7, 11) is 3.55. The molecular weight excluding hydrogens is 330 g/mol. The molecule has 0 unspecified atom stereocenters. The summed E-state index contributed by atoms with van der Waals surface area (Å²) in [6, 6.07) is 11.5. The van der Waals surface area contributed by atoms with E-state index in [-0.39, 0.29) is 5.91 Å². The van der Waals surface area contributed by atoms with Crippen LogP contribution in [0.15, 0.2) is 42.6 Å². The van der Waals surface area contributed by atoms with Crippen LogP contribution < -0.4 is 15.4 Å². The number of ether oxygens (including phenoxy) is 1. The molecule has 1 aromatic heterocycles. The Labute approximate surface area is 154 Å². The van der Waals surface area contributed by atoms with Gasteiger partial charge in [0.1, 0.15) is 11.3 Å². The molecule has 1 fully saturated rings. The second-order valence-electron chi connectivity index (χ2n) is 7.25. The summed E-state index contributed by atoms with van der Waals surface area (Å²) >= 11 is 0. The number of benzene rings is 1. The number of aromatic nitrogens is 1. The minimum Gasteiger partial charge on any atom is -0.496 e. The van der Waals surface area contributed by atoms with Gasteiger partial charge in [-0.15, -0.1) is 0 Å². The van der Waals surface area contributed by atoms with Gasteiger partial charge in [-0.3, -0.25) is 10.1 Å². The van der Waals surface area contributed by atoms with Crippen LogP contribution >= 0.6 is 0 Å². The lowest BCUT2D eigenvalue weighted by Crippen LogP contribution is -2.62. The van der Waals surface area contributed by atoms with Gasteiger partial charge < -0.3 is 19.7 Å². The SMILES string of the molecule is COc1ccccc1CNC(=O)[C@]1(c2cccn2C)CC[C@](C)(O)CN1. The first-order valence-corrected chi connectivity index (χ1v) is 8.87. The maximum Gasteiger partial charge on any atom is 0.246 e. The van der Waals surface area contributed by atoms with E-state index < -0.39 is 11.1 Å². The second kappa shape index (κ2) is 7.13. The van der Waals surface area contributed by atoms with Crippen LogP contribution in [0, 0.1) is 0 Å². The average molecular weight is 357 g/mol. The summed E-state index contributed by atoms with van der Waals surface area (Å²) in [6.45, 7) is 2.54. The van der Waals surface area contributed by atoms with Gasteiger partial charge in [0.2, 0.25) is 5.91 Å². The highest BCUT2D eigenvalue weighted by molar-refractivity contribution is 5.87. The summed E-state index contributed by atoms with van der Waals surface area (Å²) in [5, 5.41) is 16.7. The van der Waals surface area contributed by atoms with Crippen LogP contribution in [0.2, 0.25) is 0 Å². The number of carbonyl (C=O) groups is 1. The molecule has 1 aliphatic heterocycles. The molecule has 1 aliphatic rings. The fraction of sp³-hybridized carbons (Fsp3) is 0.450. The maximum atomic E-state index is 13.2. The summed E-state index contributed by atoms with van der Waals surface area (Å²) < 4.78 is 7.32. The predicted octanol–water partition coefficient (Wildman–Crippen LogP) is 1.68. The van der Waals surface area contributed by atoms with E-state index in [0.717, 1.165) is 17.0 Å². The van der Waals surface area contributed by atoms with Crippen molar-refractivity contribution in [2.75, 3.05) is 13.7 Å². The van der Waals surface area contributed by atoms with Crippen molar-refractivity contribution in [2.24, 2.45) is 7.05 Å². The van der Waals surface area contributed by atoms with Gasteiger partial charge in [0.25, 0.3) is 0 Å². The van der Waals surface area contributed by atoms with Crippen LogP contribution in [0.25, 0.3) is 0 Å². The first-order chi connectivity index (χ1) is 12.4. The van der Waals surface area contributed by atoms with E-state index in [9.17, 15) is 9.90 Å². The predicted molar refractivity (Wildman–Crippen MR) is 99.8 cm³/mol. The van der Waals surface area contributed by atoms with E-state index in [1.165, 1.54) is 0 Å². The largest absolute Gasteiger partial charge is 0.496 e. The maximum absolute atomic E-state index is 13.2. The Kier molecular flexibility index (Phi) is 5.07. The van der Waals surface area contributed by atoms with Crippen molar-refractivity contribution in [3.63, 3.8) is 0 Å². The van der Waals surface area contributed by atoms with Crippen molar-refractivity contribution >= 4 is 5.91 Å². The molecule has 0 aliphatic carbocycles. The Hall–Kier alpha value is -2.31. The van der Waals surface area contributed by atoms with Gasteiger partial charge >= 0.3 is 0 Å². The number of aliphatic hydroxyl groups is 1. The number of hydrogen-bond donors (Lipinski definition) is 3. The molecule has 0 spiro atoms. The van der Waals surface area contributed by atoms with E-state index >= 15 is 0 Å². The first kappa shape index (κ1) is 18.5. The summed E-state index contributed by atoms with van der Waals surface area (Å²) in [5.74, 6) is 0.654. The topological polar surface area (TPSA) is 75.5 Å². The molecule has 3 rings (SSSR count). The van der Waals surface area contributed by atoms with Gasteiger partial charge in [-0.05, 0) is 38.0 Å². The number of piperidine rings is 1. The van der Waals surface area contributed by atoms with Crippen LogP contribution in [0.4, 0.5) is 0 Å². The quantitative estimate of drug-likeness (QED) is 0.761. The van der Waals surface area contributed by atoms with Crippen LogP contribution in [0.1, 0.15) is 31.0 Å². The molecule has 2 heterocycles. The highest BCUT2D eigenvalue weighted by Crippen LogP contribution is 2.34. The zero-order chi connectivity index (χ0) is 18.8. The Morgan fingerprint density at radius 1 is 1.31 bits per heavy atom. The number of β-amino-alcohol motifs (C(OH)–C–C–N with tert-alkyl or cyclic N) is 1. The fourth-order valence-corrected chi connectivity index (χ4v) is 3.58. The van der Waals surface area contributed by atoms with Crippen molar-refractivity contribution in [1.29, 1.82) is 0 Å². The molecule has 0 saturated carbocycles. The smallest absolute Gasteiger partial charge is 0.246 e. The van der Waals surface area contributed by atoms with Crippen molar-refractivity contribution < 1.29 is 14.6 Å². The van der Waals surface area contributed by atoms with Crippen LogP contribution in [-0.2, 0) is 23.9 Å². The first-order valence-electron chi connectivity index (χ1n) is 8.87. The molecule has 0 bridgehead atoms. The Morgan fingerprint density at radius 3 is 2.69 bits per heavy atom. The standard InChI is InChI=1S/C20H27N3O3/c1-19(25)10-11-20(22-14-19,17-9-6-12-23(17)2)18(24)21-13-15-7-4-5-8-16(15)26-3/h4-9,12,22,25H,10-11,13-14H2,1-3H3,(H,21,24)/t19-,20+/m0/s1. The van der Waals surface area contributed by atoms with Crippen LogP contribution in [0.3, 0.4) is 0 Å². The molecule has 6 heteroatoms. The Morgan fingerprint density at radius 2 is 2.08 bits per heavy atom. The third-order valence-electron chi connectivity index (χ3n) is 5.21. The number of rotatable bonds is 5. The number of hydrogen-bond acceptors (Lipinski definition) is 4. The van der Waals surface area contributed by atoms with Gasteiger partial charge in [0.05, 0.1) is 12.7 Å². The molecule has 0 radical (unpaired) electrons. The third kappa shape index (κ3) is 3.48. The van der Waals surface area contributed by atoms with Gasteiger partial charge in [-0.1, -0.05) is 18.2 Å². The van der Waals surface area contributed by atoms with Gasteiger partial charge in [0.15, 0.2) is 0 Å². The van der Waals surface area contributed by atoms with Crippen molar-refractivity contribution in [1.82, 2.24) is 15.2 Å². The van der Waals surface area contributed by atoms with E-state index in [1.807, 2.05) is 54.2 Å². The summed E-state index contributed by atoms with van der Waals surface area (Å²) in [5.41, 5.74) is 0.152. The van der Waals surface area contributed by atoms with Gasteiger partial charge in [0, 0.05) is 37.6 Å². The monoisotopic (exact) mass is 357 g/mol. The number of carbonyl (C=O) groups excluding carboxylic acids is 1. The lowest BCUT2D eigenvalue weighted by atomic mass is 9.79. The molecule has 6 nitrogen and oxygen atoms in total. The minimum atomic E-state index is -0.859. The number of para-hydroxylation sites is 1. The molecule has 1 amide bonds. The summed E-state index contributed by atoms with van der Waals surface area (Å²) in [4.78, 5) is 13.2. The van der Waals surface area contributed by atoms with Crippen LogP contribution in [-0.4, -0.2) is 34.8 Å². The lowest BCUT2D eigenvalue weighted by Gasteiger charge is -2.42. The van der Waals surface area contributed by atoms with E-state index in [4.69, 9.17) is 4.74 Å². The number of amides is 1. The average Bonchev–Trinajstić information content (AvgIpc) is 3.07. The molecule has 2 atom stereocenters. The fourth-order valence-electron chi connectivity index (χ4n) is 3.58. The van der Waals surface area contributed by atoms with E-state index in [2.05, 4.69) is 10.6 Å². The molecular formula is C20H27N3O3. The zero-order valence-corrected chi connectivity index (χ0v) is 15.6. The normalized spacial score (nSPS) is 25.7. The number of nitrogens with one attached hydrogen (secondary N) is 2. The highest BCUT2D eigenvalue weighted by atomic mass is 16.5. The third-order valence-corrected chi connectivity index (χ3v) is 5.21. The number of methoxy groups -OCH3 is 1. The molecule has 140 valence electrons.